The molecule has 0 radical (unpaired) electrons. The number of rotatable bonds is 8. The van der Waals surface area contributed by atoms with E-state index in [2.05, 4.69) is 9.89 Å². The number of alkyl halides is 3. The molecule has 0 N–H and O–H groups in total. The Labute approximate surface area is 220 Å². The Hall–Kier alpha value is -4.67. The lowest BCUT2D eigenvalue weighted by atomic mass is 10.0. The van der Waals surface area contributed by atoms with Gasteiger partial charge in [-0.2, -0.15) is 0 Å². The van der Waals surface area contributed by atoms with Crippen molar-refractivity contribution in [1.82, 2.24) is 9.72 Å². The predicted molar refractivity (Wildman–Crippen MR) is 134 cm³/mol. The summed E-state index contributed by atoms with van der Waals surface area (Å²) in [4.78, 5) is 11.4. The van der Waals surface area contributed by atoms with E-state index in [1.54, 1.807) is 60.9 Å². The molecular weight excluding hydrogens is 517 g/mol. The standard InChI is InChI=1S/C28H23F3N2O6/c1-4-23(27(34)35)37-18-7-5-6-16(12-18)33-15(2)25(20-10-9-19(13-22(20)33)38-28(29,30)31)26-21-11-8-17(36-3)14-24(21)39-32-26/h5-14,23H,4H2,1-3H3,(H,34,35)/p-1/t23-/m0/s1. The Morgan fingerprint density at radius 3 is 2.49 bits per heavy atom. The first-order chi connectivity index (χ1) is 18.6. The first kappa shape index (κ1) is 26.0. The Morgan fingerprint density at radius 2 is 1.79 bits per heavy atom. The Kier molecular flexibility index (Phi) is 6.59. The van der Waals surface area contributed by atoms with Crippen molar-refractivity contribution in [2.75, 3.05) is 7.11 Å². The molecular formula is C28H22F3N2O6-. The number of carboxylic acid groups (broad SMARTS) is 1. The highest BCUT2D eigenvalue weighted by Crippen LogP contribution is 2.41. The second-order valence-corrected chi connectivity index (χ2v) is 8.75. The zero-order valence-electron chi connectivity index (χ0n) is 21.0. The number of methoxy groups -OCH3 is 1. The van der Waals surface area contributed by atoms with Crippen LogP contribution >= 0.6 is 0 Å². The van der Waals surface area contributed by atoms with Crippen molar-refractivity contribution in [2.45, 2.75) is 32.7 Å². The van der Waals surface area contributed by atoms with E-state index in [9.17, 15) is 23.1 Å². The SMILES string of the molecule is CC[C@H](Oc1cccc(-n2c(C)c(-c3noc4cc(OC)ccc34)c3ccc(OC(F)(F)F)cc32)c1)C(=O)[O-]. The fraction of sp³-hybridized carbons (Fsp3) is 0.214. The number of benzene rings is 3. The summed E-state index contributed by atoms with van der Waals surface area (Å²) in [6.45, 7) is 3.45. The minimum Gasteiger partial charge on any atom is -0.546 e. The van der Waals surface area contributed by atoms with Crippen molar-refractivity contribution in [1.29, 1.82) is 0 Å². The molecule has 5 aromatic rings. The molecule has 0 aliphatic rings. The lowest BCUT2D eigenvalue weighted by molar-refractivity contribution is -0.313. The van der Waals surface area contributed by atoms with Gasteiger partial charge in [0, 0.05) is 40.5 Å². The van der Waals surface area contributed by atoms with Crippen LogP contribution in [-0.4, -0.2) is 35.3 Å². The molecule has 0 saturated carbocycles. The zero-order chi connectivity index (χ0) is 27.9. The van der Waals surface area contributed by atoms with Crippen molar-refractivity contribution in [3.8, 4) is 34.2 Å². The second-order valence-electron chi connectivity index (χ2n) is 8.75. The van der Waals surface area contributed by atoms with Crippen LogP contribution in [0.15, 0.2) is 65.2 Å². The van der Waals surface area contributed by atoms with Crippen LogP contribution in [0, 0.1) is 6.92 Å². The maximum atomic E-state index is 13.1. The third-order valence-corrected chi connectivity index (χ3v) is 6.31. The molecule has 0 aliphatic heterocycles. The molecule has 0 aliphatic carbocycles. The third kappa shape index (κ3) is 4.95. The molecule has 39 heavy (non-hydrogen) atoms. The maximum absolute atomic E-state index is 13.1. The van der Waals surface area contributed by atoms with E-state index in [-0.39, 0.29) is 12.2 Å². The number of hydrogen-bond acceptors (Lipinski definition) is 7. The molecule has 202 valence electrons. The molecule has 11 heteroatoms. The van der Waals surface area contributed by atoms with Crippen LogP contribution in [0.3, 0.4) is 0 Å². The molecule has 0 saturated heterocycles. The number of carboxylic acids is 1. The molecule has 0 bridgehead atoms. The van der Waals surface area contributed by atoms with Crippen LogP contribution in [0.4, 0.5) is 13.2 Å². The van der Waals surface area contributed by atoms with E-state index in [1.807, 2.05) is 0 Å². The minimum absolute atomic E-state index is 0.185. The highest BCUT2D eigenvalue weighted by Gasteiger charge is 2.32. The van der Waals surface area contributed by atoms with Crippen LogP contribution in [0.25, 0.3) is 38.8 Å². The molecule has 3 aromatic carbocycles. The van der Waals surface area contributed by atoms with Gasteiger partial charge in [-0.05, 0) is 49.7 Å². The normalized spacial score (nSPS) is 12.6. The molecule has 1 atom stereocenters. The number of hydrogen-bond donors (Lipinski definition) is 0. The highest BCUT2D eigenvalue weighted by atomic mass is 19.4. The van der Waals surface area contributed by atoms with E-state index >= 15 is 0 Å². The summed E-state index contributed by atoms with van der Waals surface area (Å²) < 4.78 is 61.5. The molecule has 0 unspecified atom stereocenters. The zero-order valence-corrected chi connectivity index (χ0v) is 21.0. The summed E-state index contributed by atoms with van der Waals surface area (Å²) in [6, 6.07) is 15.9. The van der Waals surface area contributed by atoms with Crippen LogP contribution in [0.2, 0.25) is 0 Å². The Balaban J connectivity index is 1.73. The van der Waals surface area contributed by atoms with Crippen molar-refractivity contribution in [3.63, 3.8) is 0 Å². The van der Waals surface area contributed by atoms with E-state index in [0.717, 1.165) is 0 Å². The van der Waals surface area contributed by atoms with Crippen LogP contribution in [0.1, 0.15) is 19.0 Å². The monoisotopic (exact) mass is 539 g/mol. The summed E-state index contributed by atoms with van der Waals surface area (Å²) in [7, 11) is 1.53. The third-order valence-electron chi connectivity index (χ3n) is 6.31. The smallest absolute Gasteiger partial charge is 0.546 e. The number of carbonyl (C=O) groups excluding carboxylic acids is 1. The van der Waals surface area contributed by atoms with E-state index in [4.69, 9.17) is 14.0 Å². The van der Waals surface area contributed by atoms with Crippen molar-refractivity contribution in [2.24, 2.45) is 0 Å². The van der Waals surface area contributed by atoms with Crippen molar-refractivity contribution >= 4 is 27.8 Å². The first-order valence-electron chi connectivity index (χ1n) is 11.9. The molecule has 2 aromatic heterocycles. The van der Waals surface area contributed by atoms with Crippen molar-refractivity contribution in [3.05, 3.63) is 66.4 Å². The summed E-state index contributed by atoms with van der Waals surface area (Å²) >= 11 is 0. The molecule has 0 spiro atoms. The Bertz CT molecular complexity index is 1690. The van der Waals surface area contributed by atoms with Gasteiger partial charge in [-0.1, -0.05) is 18.1 Å². The summed E-state index contributed by atoms with van der Waals surface area (Å²) in [6.07, 6.45) is -5.86. The van der Waals surface area contributed by atoms with Gasteiger partial charge in [0.05, 0.1) is 24.0 Å². The van der Waals surface area contributed by atoms with Gasteiger partial charge in [-0.3, -0.25) is 0 Å². The number of carbonyl (C=O) groups is 1. The lowest BCUT2D eigenvalue weighted by Gasteiger charge is -2.19. The summed E-state index contributed by atoms with van der Waals surface area (Å²) in [5.74, 6) is -0.910. The number of aromatic nitrogens is 2. The van der Waals surface area contributed by atoms with Crippen LogP contribution in [-0.2, 0) is 4.79 Å². The number of halogens is 3. The summed E-state index contributed by atoms with van der Waals surface area (Å²) in [5.41, 5.74) is 3.18. The van der Waals surface area contributed by atoms with E-state index < -0.39 is 24.2 Å². The average molecular weight is 539 g/mol. The Morgan fingerprint density at radius 1 is 1.05 bits per heavy atom. The molecule has 8 nitrogen and oxygen atoms in total. The van der Waals surface area contributed by atoms with Gasteiger partial charge in [0.1, 0.15) is 29.0 Å². The van der Waals surface area contributed by atoms with Crippen LogP contribution in [0.5, 0.6) is 17.2 Å². The second kappa shape index (κ2) is 9.90. The fourth-order valence-electron chi connectivity index (χ4n) is 4.61. The van der Waals surface area contributed by atoms with E-state index in [0.29, 0.717) is 50.3 Å². The molecule has 2 heterocycles. The number of nitrogens with zero attached hydrogens (tertiary/aromatic N) is 2. The van der Waals surface area contributed by atoms with Gasteiger partial charge in [0.25, 0.3) is 0 Å². The molecule has 0 fully saturated rings. The highest BCUT2D eigenvalue weighted by molar-refractivity contribution is 6.05. The fourth-order valence-corrected chi connectivity index (χ4v) is 4.61. The van der Waals surface area contributed by atoms with Gasteiger partial charge in [0.2, 0.25) is 0 Å². The largest absolute Gasteiger partial charge is 0.573 e. The van der Waals surface area contributed by atoms with Gasteiger partial charge in [-0.25, -0.2) is 0 Å². The number of fused-ring (bicyclic) bond motifs is 2. The topological polar surface area (TPSA) is 98.8 Å². The first-order valence-corrected chi connectivity index (χ1v) is 11.9. The average Bonchev–Trinajstić information content (AvgIpc) is 3.42. The minimum atomic E-state index is -4.88. The molecule has 5 rings (SSSR count). The van der Waals surface area contributed by atoms with Gasteiger partial charge in [0.15, 0.2) is 5.58 Å². The van der Waals surface area contributed by atoms with Gasteiger partial charge >= 0.3 is 6.36 Å². The predicted octanol–water partition coefficient (Wildman–Crippen LogP) is 5.56. The number of aliphatic carboxylic acids is 1. The maximum Gasteiger partial charge on any atom is 0.573 e. The van der Waals surface area contributed by atoms with Gasteiger partial charge < -0.3 is 33.2 Å². The van der Waals surface area contributed by atoms with Gasteiger partial charge in [-0.15, -0.1) is 13.2 Å². The lowest BCUT2D eigenvalue weighted by Crippen LogP contribution is -2.39. The molecule has 0 amide bonds. The number of ether oxygens (including phenoxy) is 3. The summed E-state index contributed by atoms with van der Waals surface area (Å²) in [5, 5.41) is 16.9. The van der Waals surface area contributed by atoms with Crippen molar-refractivity contribution < 1.29 is 41.8 Å². The van der Waals surface area contributed by atoms with Crippen LogP contribution < -0.4 is 19.3 Å². The quantitative estimate of drug-likeness (QED) is 0.255. The van der Waals surface area contributed by atoms with E-state index in [1.165, 1.54) is 25.3 Å².